The second-order valence-corrected chi connectivity index (χ2v) is 3.85. The maximum Gasteiger partial charge on any atom is 0.311 e. The molecular formula is C13H11FN2O3. The second kappa shape index (κ2) is 4.93. The number of rotatable bonds is 3. The Morgan fingerprint density at radius 2 is 1.84 bits per heavy atom. The van der Waals surface area contributed by atoms with Gasteiger partial charge in [-0.1, -0.05) is 12.1 Å². The fraction of sp³-hybridized carbons (Fsp3) is 0.0769. The van der Waals surface area contributed by atoms with Crippen LogP contribution in [0.3, 0.4) is 0 Å². The number of nitro benzene ring substituents is 1. The number of nitrogens with zero attached hydrogens (tertiary/aromatic N) is 1. The molecule has 0 atom stereocenters. The number of halogens is 1. The van der Waals surface area contributed by atoms with Crippen molar-refractivity contribution in [2.24, 2.45) is 0 Å². The van der Waals surface area contributed by atoms with Crippen molar-refractivity contribution in [1.29, 1.82) is 0 Å². The SMILES string of the molecule is COc1c([N+](=O)[O-])ccc(F)c1-c1ccc(N)cc1. The van der Waals surface area contributed by atoms with Gasteiger partial charge in [0.15, 0.2) is 0 Å². The highest BCUT2D eigenvalue weighted by Gasteiger charge is 2.23. The summed E-state index contributed by atoms with van der Waals surface area (Å²) in [6.45, 7) is 0. The Hall–Kier alpha value is -2.63. The molecule has 19 heavy (non-hydrogen) atoms. The van der Waals surface area contributed by atoms with Crippen molar-refractivity contribution in [3.05, 3.63) is 52.3 Å². The summed E-state index contributed by atoms with van der Waals surface area (Å²) in [5.41, 5.74) is 6.32. The van der Waals surface area contributed by atoms with Gasteiger partial charge in [0.1, 0.15) is 5.82 Å². The van der Waals surface area contributed by atoms with Gasteiger partial charge in [0, 0.05) is 11.8 Å². The van der Waals surface area contributed by atoms with E-state index in [-0.39, 0.29) is 17.0 Å². The maximum absolute atomic E-state index is 13.9. The lowest BCUT2D eigenvalue weighted by atomic mass is 10.0. The largest absolute Gasteiger partial charge is 0.490 e. The summed E-state index contributed by atoms with van der Waals surface area (Å²) in [5, 5.41) is 10.9. The van der Waals surface area contributed by atoms with Gasteiger partial charge in [0.25, 0.3) is 0 Å². The lowest BCUT2D eigenvalue weighted by Gasteiger charge is -2.10. The third-order valence-corrected chi connectivity index (χ3v) is 2.69. The fourth-order valence-corrected chi connectivity index (χ4v) is 1.82. The number of hydrogen-bond donors (Lipinski definition) is 1. The van der Waals surface area contributed by atoms with Gasteiger partial charge >= 0.3 is 5.69 Å². The van der Waals surface area contributed by atoms with Gasteiger partial charge in [-0.2, -0.15) is 0 Å². The van der Waals surface area contributed by atoms with Crippen molar-refractivity contribution in [3.8, 4) is 16.9 Å². The van der Waals surface area contributed by atoms with Gasteiger partial charge in [-0.05, 0) is 23.8 Å². The molecule has 0 aliphatic rings. The maximum atomic E-state index is 13.9. The number of methoxy groups -OCH3 is 1. The molecular weight excluding hydrogens is 251 g/mol. The summed E-state index contributed by atoms with van der Waals surface area (Å²) < 4.78 is 18.9. The number of benzene rings is 2. The summed E-state index contributed by atoms with van der Waals surface area (Å²) in [7, 11) is 1.27. The predicted molar refractivity (Wildman–Crippen MR) is 69.5 cm³/mol. The summed E-state index contributed by atoms with van der Waals surface area (Å²) in [4.78, 5) is 10.3. The van der Waals surface area contributed by atoms with Crippen LogP contribution in [0.5, 0.6) is 5.75 Å². The molecule has 0 saturated heterocycles. The molecule has 0 bridgehead atoms. The topological polar surface area (TPSA) is 78.4 Å². The molecule has 2 N–H and O–H groups in total. The Balaban J connectivity index is 2.70. The molecule has 0 aliphatic heterocycles. The zero-order chi connectivity index (χ0) is 14.0. The van der Waals surface area contributed by atoms with Crippen molar-refractivity contribution < 1.29 is 14.1 Å². The Bertz CT molecular complexity index is 627. The molecule has 0 aromatic heterocycles. The molecule has 98 valence electrons. The van der Waals surface area contributed by atoms with Gasteiger partial charge in [-0.3, -0.25) is 10.1 Å². The molecule has 0 unspecified atom stereocenters. The Labute approximate surface area is 108 Å². The Morgan fingerprint density at radius 3 is 2.37 bits per heavy atom. The third-order valence-electron chi connectivity index (χ3n) is 2.69. The van der Waals surface area contributed by atoms with Crippen LogP contribution in [0.25, 0.3) is 11.1 Å². The van der Waals surface area contributed by atoms with Crippen LogP contribution in [0.2, 0.25) is 0 Å². The van der Waals surface area contributed by atoms with Crippen LogP contribution < -0.4 is 10.5 Å². The van der Waals surface area contributed by atoms with Crippen molar-refractivity contribution in [1.82, 2.24) is 0 Å². The van der Waals surface area contributed by atoms with E-state index in [0.717, 1.165) is 12.1 Å². The molecule has 2 rings (SSSR count). The molecule has 2 aromatic rings. The lowest BCUT2D eigenvalue weighted by Crippen LogP contribution is -1.98. The lowest BCUT2D eigenvalue weighted by molar-refractivity contribution is -0.385. The summed E-state index contributed by atoms with van der Waals surface area (Å²) in [6, 6.07) is 8.47. The van der Waals surface area contributed by atoms with Crippen LogP contribution in [-0.2, 0) is 0 Å². The van der Waals surface area contributed by atoms with E-state index < -0.39 is 10.7 Å². The minimum atomic E-state index is -0.612. The van der Waals surface area contributed by atoms with Gasteiger partial charge in [0.05, 0.1) is 17.6 Å². The molecule has 0 spiro atoms. The first kappa shape index (κ1) is 12.8. The van der Waals surface area contributed by atoms with E-state index in [1.165, 1.54) is 7.11 Å². The molecule has 0 radical (unpaired) electrons. The average Bonchev–Trinajstić information content (AvgIpc) is 2.39. The smallest absolute Gasteiger partial charge is 0.311 e. The summed E-state index contributed by atoms with van der Waals surface area (Å²) in [6.07, 6.45) is 0. The molecule has 5 nitrogen and oxygen atoms in total. The van der Waals surface area contributed by atoms with Gasteiger partial charge in [0.2, 0.25) is 5.75 Å². The molecule has 2 aromatic carbocycles. The Kier molecular flexibility index (Phi) is 3.33. The average molecular weight is 262 g/mol. The normalized spacial score (nSPS) is 10.2. The van der Waals surface area contributed by atoms with Crippen molar-refractivity contribution in [3.63, 3.8) is 0 Å². The highest BCUT2D eigenvalue weighted by molar-refractivity contribution is 5.76. The first-order valence-electron chi connectivity index (χ1n) is 5.41. The zero-order valence-electron chi connectivity index (χ0n) is 10.1. The summed E-state index contributed by atoms with van der Waals surface area (Å²) in [5.74, 6) is -0.693. The van der Waals surface area contributed by atoms with Gasteiger partial charge in [-0.15, -0.1) is 0 Å². The monoisotopic (exact) mass is 262 g/mol. The standard InChI is InChI=1S/C13H11FN2O3/c1-19-13-11(16(17)18)7-6-10(14)12(13)8-2-4-9(15)5-3-8/h2-7H,15H2,1H3. The van der Waals surface area contributed by atoms with E-state index in [9.17, 15) is 14.5 Å². The van der Waals surface area contributed by atoms with E-state index in [1.807, 2.05) is 0 Å². The van der Waals surface area contributed by atoms with E-state index in [0.29, 0.717) is 11.3 Å². The van der Waals surface area contributed by atoms with Gasteiger partial charge in [-0.25, -0.2) is 4.39 Å². The minimum Gasteiger partial charge on any atom is -0.490 e. The van der Waals surface area contributed by atoms with Crippen LogP contribution in [-0.4, -0.2) is 12.0 Å². The van der Waals surface area contributed by atoms with E-state index in [4.69, 9.17) is 10.5 Å². The molecule has 0 amide bonds. The molecule has 6 heteroatoms. The number of anilines is 1. The minimum absolute atomic E-state index is 0.0525. The zero-order valence-corrected chi connectivity index (χ0v) is 10.1. The quantitative estimate of drug-likeness (QED) is 0.524. The van der Waals surface area contributed by atoms with Crippen molar-refractivity contribution >= 4 is 11.4 Å². The van der Waals surface area contributed by atoms with E-state index in [1.54, 1.807) is 24.3 Å². The highest BCUT2D eigenvalue weighted by Crippen LogP contribution is 2.39. The molecule has 0 fully saturated rings. The van der Waals surface area contributed by atoms with Crippen LogP contribution in [0.1, 0.15) is 0 Å². The second-order valence-electron chi connectivity index (χ2n) is 3.85. The number of ether oxygens (including phenoxy) is 1. The number of nitrogens with two attached hydrogens (primary N) is 1. The van der Waals surface area contributed by atoms with Crippen molar-refractivity contribution in [2.45, 2.75) is 0 Å². The van der Waals surface area contributed by atoms with Crippen LogP contribution in [0.4, 0.5) is 15.8 Å². The number of nitro groups is 1. The Morgan fingerprint density at radius 1 is 1.21 bits per heavy atom. The van der Waals surface area contributed by atoms with E-state index >= 15 is 0 Å². The predicted octanol–water partition coefficient (Wildman–Crippen LogP) is 2.99. The number of hydrogen-bond acceptors (Lipinski definition) is 4. The first-order chi connectivity index (χ1) is 9.04. The molecule has 0 heterocycles. The molecule has 0 saturated carbocycles. The van der Waals surface area contributed by atoms with Crippen LogP contribution >= 0.6 is 0 Å². The highest BCUT2D eigenvalue weighted by atomic mass is 19.1. The van der Waals surface area contributed by atoms with Crippen LogP contribution in [0.15, 0.2) is 36.4 Å². The summed E-state index contributed by atoms with van der Waals surface area (Å²) >= 11 is 0. The third kappa shape index (κ3) is 2.33. The van der Waals surface area contributed by atoms with Crippen molar-refractivity contribution in [2.75, 3.05) is 12.8 Å². The number of nitrogen functional groups attached to an aromatic ring is 1. The fourth-order valence-electron chi connectivity index (χ4n) is 1.82. The van der Waals surface area contributed by atoms with E-state index in [2.05, 4.69) is 0 Å². The van der Waals surface area contributed by atoms with Crippen LogP contribution in [0, 0.1) is 15.9 Å². The molecule has 0 aliphatic carbocycles. The first-order valence-corrected chi connectivity index (χ1v) is 5.41. The van der Waals surface area contributed by atoms with Gasteiger partial charge < -0.3 is 10.5 Å².